The van der Waals surface area contributed by atoms with E-state index >= 15 is 0 Å². The van der Waals surface area contributed by atoms with Gasteiger partial charge in [-0.1, -0.05) is 29.8 Å². The third-order valence-corrected chi connectivity index (χ3v) is 4.79. The van der Waals surface area contributed by atoms with Crippen LogP contribution in [0.25, 0.3) is 0 Å². The van der Waals surface area contributed by atoms with E-state index in [0.29, 0.717) is 10.6 Å². The highest BCUT2D eigenvalue weighted by atomic mass is 32.2. The van der Waals surface area contributed by atoms with Gasteiger partial charge in [-0.15, -0.1) is 11.8 Å². The maximum atomic E-state index is 13.7. The van der Waals surface area contributed by atoms with Crippen LogP contribution >= 0.6 is 11.8 Å². The molecule has 24 heavy (non-hydrogen) atoms. The van der Waals surface area contributed by atoms with E-state index in [1.807, 2.05) is 19.1 Å². The number of ether oxygens (including phenoxy) is 1. The van der Waals surface area contributed by atoms with Crippen LogP contribution < -0.4 is 4.74 Å². The molecule has 0 amide bonds. The van der Waals surface area contributed by atoms with Gasteiger partial charge in [0, 0.05) is 10.6 Å². The number of methoxy groups -OCH3 is 1. The van der Waals surface area contributed by atoms with Crippen molar-refractivity contribution >= 4 is 11.8 Å². The molecule has 0 saturated heterocycles. The Morgan fingerprint density at radius 1 is 1.00 bits per heavy atom. The van der Waals surface area contributed by atoms with Crippen LogP contribution in [0.15, 0.2) is 53.4 Å². The summed E-state index contributed by atoms with van der Waals surface area (Å²) < 4.78 is 46.0. The van der Waals surface area contributed by atoms with E-state index in [1.165, 1.54) is 31.4 Å². The largest absolute Gasteiger partial charge is 0.497 e. The Kier molecular flexibility index (Phi) is 5.79. The second-order valence-electron chi connectivity index (χ2n) is 5.25. The number of halogens is 3. The van der Waals surface area contributed by atoms with Crippen LogP contribution in [0, 0.1) is 6.92 Å². The fourth-order valence-corrected chi connectivity index (χ4v) is 3.22. The monoisotopic (exact) mass is 358 g/mol. The van der Waals surface area contributed by atoms with Gasteiger partial charge in [0.15, 0.2) is 0 Å². The summed E-state index contributed by atoms with van der Waals surface area (Å²) in [6, 6.07) is 12.3. The predicted octanol–water partition coefficient (Wildman–Crippen LogP) is 5.04. The molecule has 0 spiro atoms. The second-order valence-corrected chi connectivity index (χ2v) is 6.30. The third kappa shape index (κ3) is 3.85. The Morgan fingerprint density at radius 2 is 1.58 bits per heavy atom. The van der Waals surface area contributed by atoms with Crippen molar-refractivity contribution in [3.05, 3.63) is 59.7 Å². The molecule has 0 heterocycles. The Morgan fingerprint density at radius 3 is 2.04 bits per heavy atom. The van der Waals surface area contributed by atoms with Gasteiger partial charge in [-0.3, -0.25) is 5.26 Å². The minimum absolute atomic E-state index is 0.196. The minimum Gasteiger partial charge on any atom is -0.497 e. The highest BCUT2D eigenvalue weighted by Gasteiger charge is 2.58. The molecule has 2 aromatic rings. The van der Waals surface area contributed by atoms with Crippen molar-refractivity contribution in [2.75, 3.05) is 12.9 Å². The van der Waals surface area contributed by atoms with Crippen LogP contribution in [0.4, 0.5) is 13.2 Å². The molecule has 3 nitrogen and oxygen atoms in total. The molecule has 1 unspecified atom stereocenters. The Balaban J connectivity index is 2.33. The first-order chi connectivity index (χ1) is 11.3. The first kappa shape index (κ1) is 18.6. The summed E-state index contributed by atoms with van der Waals surface area (Å²) in [7, 11) is 1.42. The third-order valence-electron chi connectivity index (χ3n) is 3.63. The molecule has 0 aliphatic heterocycles. The van der Waals surface area contributed by atoms with Crippen LogP contribution in [-0.4, -0.2) is 24.3 Å². The molecule has 0 radical (unpaired) electrons. The van der Waals surface area contributed by atoms with E-state index in [-0.39, 0.29) is 5.56 Å². The highest BCUT2D eigenvalue weighted by molar-refractivity contribution is 7.99. The van der Waals surface area contributed by atoms with E-state index in [1.54, 1.807) is 12.1 Å². The molecule has 0 bridgehead atoms. The average molecular weight is 358 g/mol. The molecule has 0 aliphatic rings. The van der Waals surface area contributed by atoms with Crippen molar-refractivity contribution in [2.24, 2.45) is 0 Å². The van der Waals surface area contributed by atoms with E-state index in [4.69, 9.17) is 9.99 Å². The van der Waals surface area contributed by atoms with Gasteiger partial charge in [0.1, 0.15) is 5.75 Å². The number of aryl methyl sites for hydroxylation is 1. The highest BCUT2D eigenvalue weighted by Crippen LogP contribution is 2.45. The molecule has 0 fully saturated rings. The molecular formula is C17H17F3O3S. The van der Waals surface area contributed by atoms with Crippen molar-refractivity contribution in [3.63, 3.8) is 0 Å². The smallest absolute Gasteiger partial charge is 0.425 e. The van der Waals surface area contributed by atoms with Crippen LogP contribution in [-0.2, 0) is 10.5 Å². The molecule has 0 aromatic heterocycles. The van der Waals surface area contributed by atoms with Crippen molar-refractivity contribution in [2.45, 2.75) is 23.6 Å². The van der Waals surface area contributed by atoms with Crippen LogP contribution in [0.1, 0.15) is 11.1 Å². The molecule has 0 aliphatic carbocycles. The summed E-state index contributed by atoms with van der Waals surface area (Å²) >= 11 is 0.956. The molecule has 7 heteroatoms. The summed E-state index contributed by atoms with van der Waals surface area (Å²) in [4.78, 5) is 4.67. The molecule has 0 saturated carbocycles. The lowest BCUT2D eigenvalue weighted by Crippen LogP contribution is -2.46. The number of alkyl halides is 3. The lowest BCUT2D eigenvalue weighted by atomic mass is 9.95. The zero-order valence-corrected chi connectivity index (χ0v) is 13.9. The molecule has 1 atom stereocenters. The fraction of sp³-hybridized carbons (Fsp3) is 0.294. The zero-order valence-electron chi connectivity index (χ0n) is 13.1. The maximum absolute atomic E-state index is 13.7. The van der Waals surface area contributed by atoms with Gasteiger partial charge >= 0.3 is 6.18 Å². The molecule has 130 valence electrons. The SMILES string of the molecule is COc1ccc(C(CSc2ccc(C)cc2)(OO)C(F)(F)F)cc1. The Labute approximate surface area is 142 Å². The number of benzene rings is 2. The minimum atomic E-state index is -4.80. The predicted molar refractivity (Wildman–Crippen MR) is 86.3 cm³/mol. The van der Waals surface area contributed by atoms with Crippen LogP contribution in [0.3, 0.4) is 0 Å². The van der Waals surface area contributed by atoms with Gasteiger partial charge in [-0.05, 0) is 36.8 Å². The number of hydrogen-bond donors (Lipinski definition) is 1. The van der Waals surface area contributed by atoms with Crippen molar-refractivity contribution < 1.29 is 28.1 Å². The molecule has 1 N–H and O–H groups in total. The van der Waals surface area contributed by atoms with Gasteiger partial charge in [0.2, 0.25) is 5.60 Å². The maximum Gasteiger partial charge on any atom is 0.425 e. The summed E-state index contributed by atoms with van der Waals surface area (Å²) in [5, 5.41) is 9.15. The summed E-state index contributed by atoms with van der Waals surface area (Å²) in [5.74, 6) is -0.110. The van der Waals surface area contributed by atoms with E-state index in [2.05, 4.69) is 4.89 Å². The van der Waals surface area contributed by atoms with E-state index in [9.17, 15) is 13.2 Å². The van der Waals surface area contributed by atoms with Crippen LogP contribution in [0.5, 0.6) is 5.75 Å². The second kappa shape index (κ2) is 7.46. The van der Waals surface area contributed by atoms with Gasteiger partial charge in [-0.2, -0.15) is 13.2 Å². The summed E-state index contributed by atoms with van der Waals surface area (Å²) in [5.41, 5.74) is -2.01. The molecular weight excluding hydrogens is 341 g/mol. The normalized spacial score (nSPS) is 14.2. The lowest BCUT2D eigenvalue weighted by molar-refractivity contribution is -0.401. The summed E-state index contributed by atoms with van der Waals surface area (Å²) in [6.07, 6.45) is -4.80. The number of rotatable bonds is 6. The van der Waals surface area contributed by atoms with Crippen molar-refractivity contribution in [1.82, 2.24) is 0 Å². The fourth-order valence-electron chi connectivity index (χ4n) is 2.14. The molecule has 2 rings (SSSR count). The van der Waals surface area contributed by atoms with Gasteiger partial charge in [0.05, 0.1) is 7.11 Å². The van der Waals surface area contributed by atoms with E-state index in [0.717, 1.165) is 17.3 Å². The quantitative estimate of drug-likeness (QED) is 0.446. The van der Waals surface area contributed by atoms with Gasteiger partial charge < -0.3 is 4.74 Å². The lowest BCUT2D eigenvalue weighted by Gasteiger charge is -2.32. The average Bonchev–Trinajstić information content (AvgIpc) is 2.56. The first-order valence-electron chi connectivity index (χ1n) is 7.06. The standard InChI is InChI=1S/C17H17F3O3S/c1-12-3-9-15(10-4-12)24-11-16(23-21,17(18,19)20)13-5-7-14(22-2)8-6-13/h3-10,21H,11H2,1-2H3. The van der Waals surface area contributed by atoms with Crippen LogP contribution in [0.2, 0.25) is 0 Å². The van der Waals surface area contributed by atoms with Gasteiger partial charge in [0.25, 0.3) is 0 Å². The Bertz CT molecular complexity index is 656. The topological polar surface area (TPSA) is 38.7 Å². The number of hydrogen-bond acceptors (Lipinski definition) is 4. The van der Waals surface area contributed by atoms with E-state index < -0.39 is 17.5 Å². The van der Waals surface area contributed by atoms with Gasteiger partial charge in [-0.25, -0.2) is 4.89 Å². The molecule has 2 aromatic carbocycles. The van der Waals surface area contributed by atoms with Crippen molar-refractivity contribution in [1.29, 1.82) is 0 Å². The summed E-state index contributed by atoms with van der Waals surface area (Å²) in [6.45, 7) is 1.89. The number of thioether (sulfide) groups is 1. The zero-order chi connectivity index (χ0) is 17.8. The Hall–Kier alpha value is -1.70. The van der Waals surface area contributed by atoms with Crippen molar-refractivity contribution in [3.8, 4) is 5.75 Å². The first-order valence-corrected chi connectivity index (χ1v) is 8.04.